The van der Waals surface area contributed by atoms with E-state index < -0.39 is 17.7 Å². The third kappa shape index (κ3) is 4.97. The van der Waals surface area contributed by atoms with E-state index in [1.54, 1.807) is 12.1 Å². The number of hydrogen-bond acceptors (Lipinski definition) is 4. The number of benzene rings is 1. The third-order valence-electron chi connectivity index (χ3n) is 4.78. The maximum absolute atomic E-state index is 12.7. The van der Waals surface area contributed by atoms with Crippen molar-refractivity contribution in [1.29, 1.82) is 0 Å². The Labute approximate surface area is 168 Å². The molecule has 3 rings (SSSR count). The van der Waals surface area contributed by atoms with Gasteiger partial charge in [0.25, 0.3) is 0 Å². The van der Waals surface area contributed by atoms with Gasteiger partial charge >= 0.3 is 12.1 Å². The fraction of sp³-hybridized carbons (Fsp3) is 0.444. The van der Waals surface area contributed by atoms with Crippen molar-refractivity contribution < 1.29 is 23.1 Å². The monoisotopic (exact) mass is 435 g/mol. The van der Waals surface area contributed by atoms with Crippen LogP contribution >= 0.6 is 34.7 Å². The van der Waals surface area contributed by atoms with Crippen LogP contribution in [0.5, 0.6) is 0 Å². The molecule has 1 heterocycles. The molecule has 1 aliphatic rings. The summed E-state index contributed by atoms with van der Waals surface area (Å²) in [6.07, 6.45) is -1.84. The van der Waals surface area contributed by atoms with Crippen molar-refractivity contribution >= 4 is 40.7 Å². The van der Waals surface area contributed by atoms with Crippen molar-refractivity contribution in [1.82, 2.24) is 4.98 Å². The minimum absolute atomic E-state index is 0.0104. The van der Waals surface area contributed by atoms with Crippen LogP contribution in [0.2, 0.25) is 0 Å². The van der Waals surface area contributed by atoms with Crippen LogP contribution in [0, 0.1) is 5.92 Å². The molecule has 2 aromatic rings. The predicted octanol–water partition coefficient (Wildman–Crippen LogP) is 6.14. The van der Waals surface area contributed by atoms with Crippen LogP contribution < -0.4 is 0 Å². The zero-order valence-electron chi connectivity index (χ0n) is 14.1. The summed E-state index contributed by atoms with van der Waals surface area (Å²) in [7, 11) is 0. The number of carboxylic acids is 1. The van der Waals surface area contributed by atoms with Gasteiger partial charge in [0.2, 0.25) is 0 Å². The molecule has 0 bridgehead atoms. The van der Waals surface area contributed by atoms with E-state index in [2.05, 4.69) is 4.98 Å². The minimum Gasteiger partial charge on any atom is -0.476 e. The Hall–Kier alpha value is -1.25. The van der Waals surface area contributed by atoms with E-state index >= 15 is 0 Å². The number of aromatic nitrogens is 1. The van der Waals surface area contributed by atoms with Gasteiger partial charge in [-0.2, -0.15) is 13.2 Å². The summed E-state index contributed by atoms with van der Waals surface area (Å²) < 4.78 is 38.9. The zero-order valence-corrected chi connectivity index (χ0v) is 16.5. The van der Waals surface area contributed by atoms with Gasteiger partial charge in [0.1, 0.15) is 0 Å². The maximum atomic E-state index is 12.7. The van der Waals surface area contributed by atoms with Crippen molar-refractivity contribution in [2.75, 3.05) is 5.75 Å². The maximum Gasteiger partial charge on any atom is 0.416 e. The van der Waals surface area contributed by atoms with E-state index in [9.17, 15) is 18.0 Å². The van der Waals surface area contributed by atoms with Gasteiger partial charge in [-0.1, -0.05) is 23.9 Å². The molecule has 1 aromatic carbocycles. The number of thiazole rings is 1. The second-order valence-corrected chi connectivity index (χ2v) is 9.19. The smallest absolute Gasteiger partial charge is 0.416 e. The van der Waals surface area contributed by atoms with Crippen molar-refractivity contribution in [3.63, 3.8) is 0 Å². The van der Waals surface area contributed by atoms with Crippen LogP contribution in [-0.4, -0.2) is 27.2 Å². The van der Waals surface area contributed by atoms with Gasteiger partial charge < -0.3 is 5.11 Å². The molecule has 1 fully saturated rings. The highest BCUT2D eigenvalue weighted by atomic mass is 35.5. The second kappa shape index (κ2) is 8.41. The average molecular weight is 436 g/mol. The van der Waals surface area contributed by atoms with E-state index in [1.807, 2.05) is 0 Å². The summed E-state index contributed by atoms with van der Waals surface area (Å²) in [6.45, 7) is 0. The van der Waals surface area contributed by atoms with Crippen LogP contribution in [-0.2, 0) is 6.18 Å². The lowest BCUT2D eigenvalue weighted by molar-refractivity contribution is -0.137. The Kier molecular flexibility index (Phi) is 6.38. The number of alkyl halides is 4. The number of hydrogen-bond donors (Lipinski definition) is 1. The van der Waals surface area contributed by atoms with Crippen LogP contribution in [0.4, 0.5) is 13.2 Å². The molecule has 1 N–H and O–H groups in total. The first-order chi connectivity index (χ1) is 12.8. The summed E-state index contributed by atoms with van der Waals surface area (Å²) >= 11 is 9.26. The van der Waals surface area contributed by atoms with Gasteiger partial charge in [-0.25, -0.2) is 9.78 Å². The molecular weight excluding hydrogens is 419 g/mol. The summed E-state index contributed by atoms with van der Waals surface area (Å²) in [5.41, 5.74) is 0.293. The quantitative estimate of drug-likeness (QED) is 0.437. The largest absolute Gasteiger partial charge is 0.476 e. The van der Waals surface area contributed by atoms with Gasteiger partial charge in [0.05, 0.1) is 5.56 Å². The molecule has 0 radical (unpaired) electrons. The predicted molar refractivity (Wildman–Crippen MR) is 101 cm³/mol. The molecular formula is C18H17ClF3NO2S2. The van der Waals surface area contributed by atoms with Crippen LogP contribution in [0.1, 0.15) is 46.8 Å². The third-order valence-corrected chi connectivity index (χ3v) is 7.38. The fourth-order valence-corrected chi connectivity index (χ4v) is 5.78. The highest BCUT2D eigenvalue weighted by Gasteiger charge is 2.36. The lowest BCUT2D eigenvalue weighted by Gasteiger charge is -2.22. The molecule has 0 aliphatic heterocycles. The molecule has 9 heteroatoms. The van der Waals surface area contributed by atoms with Crippen LogP contribution in [0.3, 0.4) is 0 Å². The Bertz CT molecular complexity index is 795. The van der Waals surface area contributed by atoms with Gasteiger partial charge in [0.15, 0.2) is 10.0 Å². The second-order valence-electron chi connectivity index (χ2n) is 6.42. The lowest BCUT2D eigenvalue weighted by atomic mass is 9.87. The van der Waals surface area contributed by atoms with Crippen molar-refractivity contribution in [3.8, 4) is 0 Å². The number of aromatic carboxylic acids is 1. The topological polar surface area (TPSA) is 50.2 Å². The van der Waals surface area contributed by atoms with Crippen LogP contribution in [0.15, 0.2) is 34.0 Å². The molecule has 0 spiro atoms. The summed E-state index contributed by atoms with van der Waals surface area (Å²) in [6, 6.07) is 5.38. The van der Waals surface area contributed by atoms with Crippen molar-refractivity contribution in [3.05, 3.63) is 46.5 Å². The Morgan fingerprint density at radius 2 is 2.00 bits per heavy atom. The summed E-state index contributed by atoms with van der Waals surface area (Å²) in [5.74, 6) is 0.00516. The van der Waals surface area contributed by atoms with E-state index in [0.717, 1.165) is 42.7 Å². The Balaban J connectivity index is 1.62. The number of carboxylic acid groups (broad SMARTS) is 1. The number of rotatable bonds is 6. The number of nitrogens with zero attached hydrogens (tertiary/aromatic N) is 1. The molecule has 0 amide bonds. The molecule has 146 valence electrons. The molecule has 27 heavy (non-hydrogen) atoms. The molecule has 1 aliphatic carbocycles. The zero-order chi connectivity index (χ0) is 19.6. The first kappa shape index (κ1) is 20.5. The van der Waals surface area contributed by atoms with E-state index in [0.29, 0.717) is 4.34 Å². The summed E-state index contributed by atoms with van der Waals surface area (Å²) in [5, 5.41) is 10.4. The first-order valence-corrected chi connectivity index (χ1v) is 10.7. The normalized spacial score (nSPS) is 22.9. The summed E-state index contributed by atoms with van der Waals surface area (Å²) in [4.78, 5) is 14.9. The molecule has 3 nitrogen and oxygen atoms in total. The van der Waals surface area contributed by atoms with Gasteiger partial charge in [0, 0.05) is 16.5 Å². The molecule has 3 unspecified atom stereocenters. The standard InChI is InChI=1S/C18H17ClF3NO2S2/c19-14-6-5-12(10-1-3-11(4-2-10)18(20,21)22)13(14)7-8-26-17-23-15(9-27-17)16(24)25/h1-4,9,12-14H,5-8H2,(H,24,25). The molecule has 0 saturated heterocycles. The Morgan fingerprint density at radius 3 is 2.59 bits per heavy atom. The number of halogens is 4. The van der Waals surface area contributed by atoms with Gasteiger partial charge in [-0.15, -0.1) is 22.9 Å². The average Bonchev–Trinajstić information content (AvgIpc) is 3.22. The highest BCUT2D eigenvalue weighted by molar-refractivity contribution is 8.01. The van der Waals surface area contributed by atoms with Crippen molar-refractivity contribution in [2.45, 2.75) is 41.1 Å². The van der Waals surface area contributed by atoms with Crippen molar-refractivity contribution in [2.24, 2.45) is 5.92 Å². The Morgan fingerprint density at radius 1 is 1.30 bits per heavy atom. The highest BCUT2D eigenvalue weighted by Crippen LogP contribution is 2.45. The fourth-order valence-electron chi connectivity index (χ4n) is 3.44. The number of thioether (sulfide) groups is 1. The van der Waals surface area contributed by atoms with Gasteiger partial charge in [-0.05, 0) is 48.8 Å². The first-order valence-electron chi connectivity index (χ1n) is 8.38. The van der Waals surface area contributed by atoms with Crippen LogP contribution in [0.25, 0.3) is 0 Å². The minimum atomic E-state index is -4.33. The van der Waals surface area contributed by atoms with E-state index in [1.165, 1.54) is 28.5 Å². The van der Waals surface area contributed by atoms with E-state index in [-0.39, 0.29) is 22.9 Å². The SMILES string of the molecule is O=C(O)c1csc(SCCC2C(Cl)CCC2c2ccc(C(F)(F)F)cc2)n1. The molecule has 1 aromatic heterocycles. The number of carbonyl (C=O) groups is 1. The van der Waals surface area contributed by atoms with Gasteiger partial charge in [-0.3, -0.25) is 0 Å². The molecule has 1 saturated carbocycles. The lowest BCUT2D eigenvalue weighted by Crippen LogP contribution is -2.15. The molecule has 3 atom stereocenters. The van der Waals surface area contributed by atoms with E-state index in [4.69, 9.17) is 16.7 Å².